The molecule has 4 fully saturated rings. The topological polar surface area (TPSA) is 106 Å². The summed E-state index contributed by atoms with van der Waals surface area (Å²) in [6, 6.07) is 4.12. The Morgan fingerprint density at radius 3 is 2.71 bits per heavy atom. The first-order valence-corrected chi connectivity index (χ1v) is 14.4. The Labute approximate surface area is 246 Å². The largest absolute Gasteiger partial charge is 0.451 e. The standard InChI is InChI=1S/C29H39FN6O4.ClH/c1-20-15-38-11-10-36(20)28(37)24-12-21(30)2-5-25(24)40-26-13-32-19-33-27(26)35-17-29(18-35)6-8-34(9-7-29)14-23-4-3-22(31)16-39-23;/h2,5,12-13,19-20,22-23H,3-4,6-11,14-18,31H2,1H3;1H/t20-,22+,23-;/m0./s1. The average Bonchev–Trinajstić information content (AvgIpc) is 2.95. The molecular weight excluding hydrogens is 551 g/mol. The molecule has 41 heavy (non-hydrogen) atoms. The molecule has 0 unspecified atom stereocenters. The van der Waals surface area contributed by atoms with Gasteiger partial charge >= 0.3 is 0 Å². The number of benzene rings is 1. The quantitative estimate of drug-likeness (QED) is 0.543. The molecule has 0 aliphatic carbocycles. The van der Waals surface area contributed by atoms with Crippen LogP contribution in [0.5, 0.6) is 11.5 Å². The highest BCUT2D eigenvalue weighted by Crippen LogP contribution is 2.45. The number of halogens is 2. The van der Waals surface area contributed by atoms with Crippen molar-refractivity contribution < 1.29 is 23.4 Å². The van der Waals surface area contributed by atoms with E-state index in [4.69, 9.17) is 19.9 Å². The van der Waals surface area contributed by atoms with E-state index in [-0.39, 0.29) is 47.1 Å². The third kappa shape index (κ3) is 6.59. The van der Waals surface area contributed by atoms with Gasteiger partial charge in [0.25, 0.3) is 5.91 Å². The predicted molar refractivity (Wildman–Crippen MR) is 154 cm³/mol. The van der Waals surface area contributed by atoms with Gasteiger partial charge in [-0.15, -0.1) is 12.4 Å². The Balaban J connectivity index is 0.00000337. The van der Waals surface area contributed by atoms with Gasteiger partial charge in [-0.05, 0) is 63.9 Å². The van der Waals surface area contributed by atoms with Gasteiger partial charge in [-0.2, -0.15) is 0 Å². The molecule has 4 saturated heterocycles. The molecule has 1 spiro atoms. The lowest BCUT2D eigenvalue weighted by atomic mass is 9.72. The Hall–Kier alpha value is -2.57. The molecule has 1 aromatic carbocycles. The molecule has 0 radical (unpaired) electrons. The predicted octanol–water partition coefficient (Wildman–Crippen LogP) is 3.10. The number of carbonyl (C=O) groups is 1. The molecule has 6 rings (SSSR count). The van der Waals surface area contributed by atoms with Crippen LogP contribution in [0.2, 0.25) is 0 Å². The first-order valence-electron chi connectivity index (χ1n) is 14.4. The van der Waals surface area contributed by atoms with Crippen LogP contribution < -0.4 is 15.4 Å². The number of hydrogen-bond acceptors (Lipinski definition) is 9. The van der Waals surface area contributed by atoms with Gasteiger partial charge in [-0.1, -0.05) is 0 Å². The van der Waals surface area contributed by atoms with E-state index in [2.05, 4.69) is 19.8 Å². The number of likely N-dealkylation sites (tertiary alicyclic amines) is 1. The maximum atomic E-state index is 14.3. The number of amides is 1. The molecule has 12 heteroatoms. The summed E-state index contributed by atoms with van der Waals surface area (Å²) < 4.78 is 31.9. The molecule has 2 aromatic rings. The van der Waals surface area contributed by atoms with Crippen molar-refractivity contribution in [3.8, 4) is 11.5 Å². The van der Waals surface area contributed by atoms with Crippen molar-refractivity contribution in [3.05, 3.63) is 42.1 Å². The summed E-state index contributed by atoms with van der Waals surface area (Å²) in [5, 5.41) is 0. The highest BCUT2D eigenvalue weighted by Gasteiger charge is 2.46. The molecule has 4 aliphatic rings. The van der Waals surface area contributed by atoms with E-state index in [0.717, 1.165) is 58.4 Å². The highest BCUT2D eigenvalue weighted by atomic mass is 35.5. The van der Waals surface area contributed by atoms with Crippen LogP contribution in [0.15, 0.2) is 30.7 Å². The molecule has 4 aliphatic heterocycles. The zero-order chi connectivity index (χ0) is 27.7. The van der Waals surface area contributed by atoms with Crippen LogP contribution in [-0.2, 0) is 9.47 Å². The van der Waals surface area contributed by atoms with Crippen molar-refractivity contribution in [2.75, 3.05) is 64.0 Å². The molecule has 1 amide bonds. The number of aromatic nitrogens is 2. The lowest BCUT2D eigenvalue weighted by Crippen LogP contribution is -2.61. The monoisotopic (exact) mass is 590 g/mol. The number of hydrogen-bond donors (Lipinski definition) is 1. The van der Waals surface area contributed by atoms with E-state index in [9.17, 15) is 9.18 Å². The van der Waals surface area contributed by atoms with Crippen LogP contribution in [-0.4, -0.2) is 103 Å². The first-order chi connectivity index (χ1) is 19.4. The number of nitrogens with zero attached hydrogens (tertiary/aromatic N) is 5. The minimum atomic E-state index is -0.490. The molecule has 5 heterocycles. The summed E-state index contributed by atoms with van der Waals surface area (Å²) in [4.78, 5) is 28.5. The number of carbonyl (C=O) groups excluding carboxylic acids is 1. The van der Waals surface area contributed by atoms with Crippen LogP contribution in [0, 0.1) is 11.2 Å². The van der Waals surface area contributed by atoms with E-state index < -0.39 is 5.82 Å². The van der Waals surface area contributed by atoms with E-state index >= 15 is 0 Å². The van der Waals surface area contributed by atoms with Gasteiger partial charge in [0.05, 0.1) is 43.7 Å². The fraction of sp³-hybridized carbons (Fsp3) is 0.621. The molecule has 224 valence electrons. The summed E-state index contributed by atoms with van der Waals surface area (Å²) in [5.74, 6) is 0.668. The molecular formula is C29H40ClFN6O4. The smallest absolute Gasteiger partial charge is 0.258 e. The second-order valence-corrected chi connectivity index (χ2v) is 11.8. The van der Waals surface area contributed by atoms with Crippen molar-refractivity contribution >= 4 is 24.1 Å². The number of morpholine rings is 1. The maximum absolute atomic E-state index is 14.3. The van der Waals surface area contributed by atoms with Gasteiger partial charge in [0.2, 0.25) is 0 Å². The summed E-state index contributed by atoms with van der Waals surface area (Å²) in [6.07, 6.45) is 7.76. The van der Waals surface area contributed by atoms with Crippen LogP contribution >= 0.6 is 12.4 Å². The lowest BCUT2D eigenvalue weighted by molar-refractivity contribution is -0.0277. The van der Waals surface area contributed by atoms with Gasteiger partial charge < -0.3 is 34.6 Å². The third-order valence-electron chi connectivity index (χ3n) is 8.82. The fourth-order valence-electron chi connectivity index (χ4n) is 6.38. The maximum Gasteiger partial charge on any atom is 0.258 e. The normalized spacial score (nSPS) is 26.3. The van der Waals surface area contributed by atoms with Gasteiger partial charge in [0.15, 0.2) is 11.6 Å². The van der Waals surface area contributed by atoms with Crippen molar-refractivity contribution in [2.24, 2.45) is 11.1 Å². The highest BCUT2D eigenvalue weighted by molar-refractivity contribution is 5.97. The molecule has 2 N–H and O–H groups in total. The Morgan fingerprint density at radius 2 is 1.98 bits per heavy atom. The van der Waals surface area contributed by atoms with E-state index in [0.29, 0.717) is 44.0 Å². The zero-order valence-electron chi connectivity index (χ0n) is 23.5. The number of nitrogens with two attached hydrogens (primary N) is 1. The summed E-state index contributed by atoms with van der Waals surface area (Å²) in [6.45, 7) is 8.84. The fourth-order valence-corrected chi connectivity index (χ4v) is 6.38. The van der Waals surface area contributed by atoms with Crippen molar-refractivity contribution in [1.29, 1.82) is 0 Å². The van der Waals surface area contributed by atoms with Gasteiger partial charge in [-0.25, -0.2) is 14.4 Å². The van der Waals surface area contributed by atoms with Crippen molar-refractivity contribution in [3.63, 3.8) is 0 Å². The second kappa shape index (κ2) is 12.7. The number of anilines is 1. The first kappa shape index (κ1) is 29.9. The molecule has 3 atom stereocenters. The second-order valence-electron chi connectivity index (χ2n) is 11.8. The van der Waals surface area contributed by atoms with Gasteiger partial charge in [0, 0.05) is 37.6 Å². The zero-order valence-corrected chi connectivity index (χ0v) is 24.4. The van der Waals surface area contributed by atoms with Crippen molar-refractivity contribution in [1.82, 2.24) is 19.8 Å². The van der Waals surface area contributed by atoms with Crippen LogP contribution in [0.25, 0.3) is 0 Å². The Bertz CT molecular complexity index is 1200. The van der Waals surface area contributed by atoms with E-state index in [1.165, 1.54) is 24.5 Å². The van der Waals surface area contributed by atoms with Gasteiger partial charge in [0.1, 0.15) is 17.9 Å². The van der Waals surface area contributed by atoms with Crippen LogP contribution in [0.1, 0.15) is 43.0 Å². The molecule has 10 nitrogen and oxygen atoms in total. The SMILES string of the molecule is C[C@H]1COCCN1C(=O)c1cc(F)ccc1Oc1cncnc1N1CC2(CCN(C[C@@H]3CC[C@@H](N)CO3)CC2)C1.Cl. The molecule has 1 aromatic heterocycles. The van der Waals surface area contributed by atoms with Crippen LogP contribution in [0.3, 0.4) is 0 Å². The molecule has 0 bridgehead atoms. The Morgan fingerprint density at radius 1 is 1.17 bits per heavy atom. The number of ether oxygens (including phenoxy) is 3. The summed E-state index contributed by atoms with van der Waals surface area (Å²) in [7, 11) is 0. The third-order valence-corrected chi connectivity index (χ3v) is 8.82. The molecule has 0 saturated carbocycles. The minimum absolute atomic E-state index is 0. The van der Waals surface area contributed by atoms with Crippen molar-refractivity contribution in [2.45, 2.75) is 50.8 Å². The summed E-state index contributed by atoms with van der Waals surface area (Å²) in [5.41, 5.74) is 6.41. The number of piperidine rings is 1. The lowest BCUT2D eigenvalue weighted by Gasteiger charge is -2.54. The number of rotatable bonds is 6. The average molecular weight is 591 g/mol. The van der Waals surface area contributed by atoms with E-state index in [1.807, 2.05) is 6.92 Å². The Kier molecular flexibility index (Phi) is 9.30. The van der Waals surface area contributed by atoms with Crippen LogP contribution in [0.4, 0.5) is 10.2 Å². The summed E-state index contributed by atoms with van der Waals surface area (Å²) >= 11 is 0. The van der Waals surface area contributed by atoms with Gasteiger partial charge in [-0.3, -0.25) is 4.79 Å². The van der Waals surface area contributed by atoms with E-state index in [1.54, 1.807) is 11.1 Å². The minimum Gasteiger partial charge on any atom is -0.451 e.